The van der Waals surface area contributed by atoms with E-state index in [-0.39, 0.29) is 12.2 Å². The molecule has 0 aliphatic carbocycles. The van der Waals surface area contributed by atoms with Crippen molar-refractivity contribution in [3.05, 3.63) is 45.5 Å². The summed E-state index contributed by atoms with van der Waals surface area (Å²) in [5, 5.41) is 17.5. The fourth-order valence-corrected chi connectivity index (χ4v) is 0.921. The van der Waals surface area contributed by atoms with Crippen LogP contribution in [0.1, 0.15) is 15.9 Å². The second-order valence-corrected chi connectivity index (χ2v) is 2.50. The molecule has 0 spiro atoms. The molecule has 0 aliphatic rings. The van der Waals surface area contributed by atoms with E-state index >= 15 is 0 Å². The molecule has 0 aliphatic heterocycles. The van der Waals surface area contributed by atoms with E-state index in [0.717, 1.165) is 0 Å². The predicted molar refractivity (Wildman–Crippen MR) is 45.2 cm³/mol. The van der Waals surface area contributed by atoms with Crippen LogP contribution in [0.15, 0.2) is 24.3 Å². The average molecular weight is 197 g/mol. The van der Waals surface area contributed by atoms with Crippen molar-refractivity contribution in [2.24, 2.45) is 0 Å². The van der Waals surface area contributed by atoms with Gasteiger partial charge < -0.3 is 9.94 Å². The SMILES string of the molecule is O=C(O)c1cccc(CO[N+](=O)[O-])c1. The molecule has 0 saturated heterocycles. The molecule has 0 heterocycles. The van der Waals surface area contributed by atoms with Crippen LogP contribution in [0.3, 0.4) is 0 Å². The van der Waals surface area contributed by atoms with Crippen LogP contribution >= 0.6 is 0 Å². The highest BCUT2D eigenvalue weighted by atomic mass is 16.9. The number of benzene rings is 1. The number of hydrogen-bond acceptors (Lipinski definition) is 4. The smallest absolute Gasteiger partial charge is 0.335 e. The van der Waals surface area contributed by atoms with Crippen molar-refractivity contribution in [1.82, 2.24) is 0 Å². The lowest BCUT2D eigenvalue weighted by molar-refractivity contribution is -0.763. The number of rotatable bonds is 4. The Balaban J connectivity index is 2.73. The normalized spacial score (nSPS) is 9.43. The summed E-state index contributed by atoms with van der Waals surface area (Å²) in [4.78, 5) is 24.5. The first-order chi connectivity index (χ1) is 6.59. The zero-order valence-corrected chi connectivity index (χ0v) is 7.04. The Labute approximate surface area is 78.8 Å². The second kappa shape index (κ2) is 4.22. The summed E-state index contributed by atoms with van der Waals surface area (Å²) in [7, 11) is 0. The van der Waals surface area contributed by atoms with Gasteiger partial charge in [0.2, 0.25) is 0 Å². The number of carbonyl (C=O) groups is 1. The van der Waals surface area contributed by atoms with Crippen molar-refractivity contribution in [2.75, 3.05) is 0 Å². The van der Waals surface area contributed by atoms with E-state index in [4.69, 9.17) is 5.11 Å². The number of carboxylic acids is 1. The molecule has 0 radical (unpaired) electrons. The lowest BCUT2D eigenvalue weighted by Gasteiger charge is -2.00. The van der Waals surface area contributed by atoms with Gasteiger partial charge >= 0.3 is 5.97 Å². The number of aromatic carboxylic acids is 1. The van der Waals surface area contributed by atoms with Gasteiger partial charge in [-0.1, -0.05) is 12.1 Å². The van der Waals surface area contributed by atoms with E-state index in [1.165, 1.54) is 18.2 Å². The summed E-state index contributed by atoms with van der Waals surface area (Å²) < 4.78 is 0. The monoisotopic (exact) mass is 197 g/mol. The predicted octanol–water partition coefficient (Wildman–Crippen LogP) is 1.09. The average Bonchev–Trinajstić information content (AvgIpc) is 2.15. The highest BCUT2D eigenvalue weighted by molar-refractivity contribution is 5.87. The minimum atomic E-state index is -1.08. The number of carboxylic acid groups (broad SMARTS) is 1. The third-order valence-electron chi connectivity index (χ3n) is 1.51. The molecule has 1 rings (SSSR count). The van der Waals surface area contributed by atoms with Crippen LogP contribution in [-0.4, -0.2) is 16.2 Å². The molecule has 0 aromatic heterocycles. The summed E-state index contributed by atoms with van der Waals surface area (Å²) in [5.41, 5.74) is 0.524. The zero-order valence-electron chi connectivity index (χ0n) is 7.04. The molecule has 0 unspecified atom stereocenters. The first-order valence-electron chi connectivity index (χ1n) is 3.69. The molecule has 0 saturated carbocycles. The van der Waals surface area contributed by atoms with Gasteiger partial charge in [0, 0.05) is 0 Å². The minimum absolute atomic E-state index is 0.0782. The summed E-state index contributed by atoms with van der Waals surface area (Å²) >= 11 is 0. The third-order valence-corrected chi connectivity index (χ3v) is 1.51. The fraction of sp³-hybridized carbons (Fsp3) is 0.125. The van der Waals surface area contributed by atoms with Crippen LogP contribution in [0.4, 0.5) is 0 Å². The lowest BCUT2D eigenvalue weighted by Crippen LogP contribution is -2.02. The van der Waals surface area contributed by atoms with Gasteiger partial charge in [-0.05, 0) is 17.7 Å². The second-order valence-electron chi connectivity index (χ2n) is 2.50. The first-order valence-corrected chi connectivity index (χ1v) is 3.69. The van der Waals surface area contributed by atoms with Crippen LogP contribution in [0, 0.1) is 10.1 Å². The van der Waals surface area contributed by atoms with E-state index in [0.29, 0.717) is 5.56 Å². The van der Waals surface area contributed by atoms with Crippen LogP contribution in [0.5, 0.6) is 0 Å². The Kier molecular flexibility index (Phi) is 3.01. The summed E-state index contributed by atoms with van der Waals surface area (Å²) in [6.45, 7) is -0.242. The molecule has 0 fully saturated rings. The van der Waals surface area contributed by atoms with Crippen molar-refractivity contribution in [3.63, 3.8) is 0 Å². The fourth-order valence-electron chi connectivity index (χ4n) is 0.921. The molecular weight excluding hydrogens is 190 g/mol. The Bertz CT molecular complexity index is 363. The van der Waals surface area contributed by atoms with E-state index < -0.39 is 11.1 Å². The van der Waals surface area contributed by atoms with Gasteiger partial charge in [-0.15, -0.1) is 10.1 Å². The topological polar surface area (TPSA) is 89.7 Å². The highest BCUT2D eigenvalue weighted by Gasteiger charge is 2.04. The van der Waals surface area contributed by atoms with E-state index in [9.17, 15) is 14.9 Å². The highest BCUT2D eigenvalue weighted by Crippen LogP contribution is 2.06. The zero-order chi connectivity index (χ0) is 10.6. The largest absolute Gasteiger partial charge is 0.478 e. The van der Waals surface area contributed by atoms with Crippen molar-refractivity contribution in [3.8, 4) is 0 Å². The molecule has 74 valence electrons. The quantitative estimate of drug-likeness (QED) is 0.576. The Hall–Kier alpha value is -2.11. The summed E-state index contributed by atoms with van der Waals surface area (Å²) in [5.74, 6) is -1.08. The Morgan fingerprint density at radius 1 is 1.57 bits per heavy atom. The number of nitrogens with zero attached hydrogens (tertiary/aromatic N) is 1. The molecule has 1 aromatic carbocycles. The van der Waals surface area contributed by atoms with Gasteiger partial charge in [0.15, 0.2) is 0 Å². The molecule has 14 heavy (non-hydrogen) atoms. The van der Waals surface area contributed by atoms with E-state index in [1.54, 1.807) is 6.07 Å². The molecule has 6 nitrogen and oxygen atoms in total. The van der Waals surface area contributed by atoms with Gasteiger partial charge in [0.25, 0.3) is 5.09 Å². The van der Waals surface area contributed by atoms with E-state index in [2.05, 4.69) is 4.84 Å². The summed E-state index contributed by atoms with van der Waals surface area (Å²) in [6, 6.07) is 5.78. The van der Waals surface area contributed by atoms with Gasteiger partial charge in [-0.25, -0.2) is 4.79 Å². The van der Waals surface area contributed by atoms with Gasteiger partial charge in [-0.3, -0.25) is 0 Å². The summed E-state index contributed by atoms with van der Waals surface area (Å²) in [6.07, 6.45) is 0. The van der Waals surface area contributed by atoms with Crippen LogP contribution in [0.25, 0.3) is 0 Å². The molecule has 0 amide bonds. The van der Waals surface area contributed by atoms with Crippen molar-refractivity contribution in [1.29, 1.82) is 0 Å². The molecule has 1 N–H and O–H groups in total. The Morgan fingerprint density at radius 3 is 2.86 bits per heavy atom. The van der Waals surface area contributed by atoms with E-state index in [1.807, 2.05) is 0 Å². The Morgan fingerprint density at radius 2 is 2.29 bits per heavy atom. The van der Waals surface area contributed by atoms with Gasteiger partial charge in [-0.2, -0.15) is 0 Å². The molecule has 1 aromatic rings. The maximum Gasteiger partial charge on any atom is 0.335 e. The lowest BCUT2D eigenvalue weighted by atomic mass is 10.1. The maximum absolute atomic E-state index is 10.5. The maximum atomic E-state index is 10.5. The van der Waals surface area contributed by atoms with Crippen LogP contribution in [-0.2, 0) is 11.4 Å². The third kappa shape index (κ3) is 2.74. The number of hydrogen-bond donors (Lipinski definition) is 1. The minimum Gasteiger partial charge on any atom is -0.478 e. The molecular formula is C8H7NO5. The van der Waals surface area contributed by atoms with Crippen molar-refractivity contribution >= 4 is 5.97 Å². The van der Waals surface area contributed by atoms with Crippen molar-refractivity contribution < 1.29 is 19.8 Å². The molecule has 6 heteroatoms. The first kappa shape index (κ1) is 9.97. The van der Waals surface area contributed by atoms with Gasteiger partial charge in [0.1, 0.15) is 6.61 Å². The molecule has 0 atom stereocenters. The van der Waals surface area contributed by atoms with Gasteiger partial charge in [0.05, 0.1) is 5.56 Å². The van der Waals surface area contributed by atoms with Crippen molar-refractivity contribution in [2.45, 2.75) is 6.61 Å². The molecule has 0 bridgehead atoms. The standard InChI is InChI=1S/C8H7NO5/c10-8(11)7-3-1-2-6(4-7)5-14-9(12)13/h1-4H,5H2,(H,10,11). The van der Waals surface area contributed by atoms with Crippen LogP contribution in [0.2, 0.25) is 0 Å². The van der Waals surface area contributed by atoms with Crippen LogP contribution < -0.4 is 0 Å².